The molecule has 1 fully saturated rings. The van der Waals surface area contributed by atoms with Crippen molar-refractivity contribution in [1.29, 1.82) is 0 Å². The molecule has 0 aliphatic heterocycles. The van der Waals surface area contributed by atoms with Crippen LogP contribution in [0.3, 0.4) is 0 Å². The molecular weight excluding hydrogens is 238 g/mol. The van der Waals surface area contributed by atoms with E-state index in [4.69, 9.17) is 0 Å². The summed E-state index contributed by atoms with van der Waals surface area (Å²) < 4.78 is 0. The molecule has 0 spiro atoms. The fourth-order valence-electron chi connectivity index (χ4n) is 2.30. The molecule has 0 bridgehead atoms. The molecule has 5 heteroatoms. The summed E-state index contributed by atoms with van der Waals surface area (Å²) in [6, 6.07) is 1.98. The van der Waals surface area contributed by atoms with E-state index in [1.807, 2.05) is 13.1 Å². The molecule has 3 N–H and O–H groups in total. The highest BCUT2D eigenvalue weighted by Crippen LogP contribution is 2.26. The first-order valence-electron chi connectivity index (χ1n) is 7.08. The Morgan fingerprint density at radius 3 is 2.63 bits per heavy atom. The van der Waals surface area contributed by atoms with Crippen molar-refractivity contribution in [3.8, 4) is 0 Å². The van der Waals surface area contributed by atoms with Crippen LogP contribution in [0.1, 0.15) is 33.1 Å². The van der Waals surface area contributed by atoms with Crippen molar-refractivity contribution in [2.24, 2.45) is 5.92 Å². The van der Waals surface area contributed by atoms with Gasteiger partial charge in [0.15, 0.2) is 0 Å². The lowest BCUT2D eigenvalue weighted by Crippen LogP contribution is -2.40. The van der Waals surface area contributed by atoms with Crippen molar-refractivity contribution in [3.05, 3.63) is 12.4 Å². The lowest BCUT2D eigenvalue weighted by molar-refractivity contribution is 0.333. The number of nitrogens with zero attached hydrogens (tertiary/aromatic N) is 2. The van der Waals surface area contributed by atoms with Gasteiger partial charge in [0.05, 0.1) is 0 Å². The lowest BCUT2D eigenvalue weighted by Gasteiger charge is -2.27. The molecule has 2 rings (SSSR count). The van der Waals surface area contributed by atoms with Crippen molar-refractivity contribution in [3.63, 3.8) is 0 Å². The van der Waals surface area contributed by atoms with E-state index in [1.165, 1.54) is 19.3 Å². The van der Waals surface area contributed by atoms with E-state index in [0.717, 1.165) is 30.6 Å². The molecule has 0 atom stereocenters. The summed E-state index contributed by atoms with van der Waals surface area (Å²) in [5.74, 6) is 2.60. The van der Waals surface area contributed by atoms with Gasteiger partial charge < -0.3 is 16.0 Å². The standard InChI is InChI=1S/C14H25N5/c1-14(2,9-15-3)19-13-7-12(17-10-18-13)16-8-11-5-4-6-11/h7,10-11,15H,4-6,8-9H2,1-3H3,(H2,16,17,18,19). The van der Waals surface area contributed by atoms with Crippen molar-refractivity contribution in [2.45, 2.75) is 38.6 Å². The summed E-state index contributed by atoms with van der Waals surface area (Å²) in [5, 5.41) is 10.00. The summed E-state index contributed by atoms with van der Waals surface area (Å²) in [6.45, 7) is 6.19. The fourth-order valence-corrected chi connectivity index (χ4v) is 2.30. The van der Waals surface area contributed by atoms with E-state index in [9.17, 15) is 0 Å². The second kappa shape index (κ2) is 6.19. The lowest BCUT2D eigenvalue weighted by atomic mass is 9.85. The zero-order valence-electron chi connectivity index (χ0n) is 12.2. The minimum atomic E-state index is -0.0334. The maximum absolute atomic E-state index is 4.28. The van der Waals surface area contributed by atoms with Crippen LogP contribution in [0.5, 0.6) is 0 Å². The number of hydrogen-bond acceptors (Lipinski definition) is 5. The van der Waals surface area contributed by atoms with Crippen molar-refractivity contribution < 1.29 is 0 Å². The molecule has 1 aromatic heterocycles. The molecule has 1 aromatic rings. The Morgan fingerprint density at radius 2 is 2.00 bits per heavy atom. The predicted molar refractivity (Wildman–Crippen MR) is 79.5 cm³/mol. The van der Waals surface area contributed by atoms with Gasteiger partial charge in [-0.2, -0.15) is 0 Å². The highest BCUT2D eigenvalue weighted by atomic mass is 15.1. The fraction of sp³-hybridized carbons (Fsp3) is 0.714. The monoisotopic (exact) mass is 263 g/mol. The second-order valence-corrected chi connectivity index (χ2v) is 6.01. The molecule has 0 saturated heterocycles. The van der Waals surface area contributed by atoms with Crippen LogP contribution in [0, 0.1) is 5.92 Å². The van der Waals surface area contributed by atoms with Gasteiger partial charge in [-0.3, -0.25) is 0 Å². The van der Waals surface area contributed by atoms with E-state index in [2.05, 4.69) is 39.8 Å². The minimum absolute atomic E-state index is 0.0334. The number of aromatic nitrogens is 2. The highest BCUT2D eigenvalue weighted by Gasteiger charge is 2.18. The van der Waals surface area contributed by atoms with E-state index in [-0.39, 0.29) is 5.54 Å². The van der Waals surface area contributed by atoms with Crippen molar-refractivity contribution in [2.75, 3.05) is 30.8 Å². The van der Waals surface area contributed by atoms with Gasteiger partial charge in [-0.15, -0.1) is 0 Å². The average Bonchev–Trinajstić information content (AvgIpc) is 2.26. The smallest absolute Gasteiger partial charge is 0.131 e. The summed E-state index contributed by atoms with van der Waals surface area (Å²) >= 11 is 0. The van der Waals surface area contributed by atoms with Gasteiger partial charge in [0.1, 0.15) is 18.0 Å². The molecule has 1 heterocycles. The Balaban J connectivity index is 1.90. The van der Waals surface area contributed by atoms with E-state index in [0.29, 0.717) is 0 Å². The Labute approximate surface area is 115 Å². The maximum atomic E-state index is 4.28. The van der Waals surface area contributed by atoms with Gasteiger partial charge in [0.25, 0.3) is 0 Å². The molecule has 1 saturated carbocycles. The normalized spacial score (nSPS) is 15.9. The zero-order valence-corrected chi connectivity index (χ0v) is 12.2. The Morgan fingerprint density at radius 1 is 1.26 bits per heavy atom. The minimum Gasteiger partial charge on any atom is -0.370 e. The van der Waals surface area contributed by atoms with Gasteiger partial charge in [-0.1, -0.05) is 6.42 Å². The summed E-state index contributed by atoms with van der Waals surface area (Å²) in [4.78, 5) is 8.55. The van der Waals surface area contributed by atoms with Gasteiger partial charge >= 0.3 is 0 Å². The van der Waals surface area contributed by atoms with Crippen LogP contribution in [0.2, 0.25) is 0 Å². The zero-order chi connectivity index (χ0) is 13.7. The molecule has 0 amide bonds. The van der Waals surface area contributed by atoms with Crippen molar-refractivity contribution in [1.82, 2.24) is 15.3 Å². The topological polar surface area (TPSA) is 61.9 Å². The summed E-state index contributed by atoms with van der Waals surface area (Å²) in [5.41, 5.74) is -0.0334. The third-order valence-electron chi connectivity index (χ3n) is 3.55. The quantitative estimate of drug-likeness (QED) is 0.703. The molecule has 1 aliphatic rings. The number of likely N-dealkylation sites (N-methyl/N-ethyl adjacent to an activating group) is 1. The summed E-state index contributed by atoms with van der Waals surface area (Å²) in [7, 11) is 1.95. The number of rotatable bonds is 7. The van der Waals surface area contributed by atoms with Crippen LogP contribution < -0.4 is 16.0 Å². The SMILES string of the molecule is CNCC(C)(C)Nc1cc(NCC2CCC2)ncn1. The van der Waals surface area contributed by atoms with E-state index in [1.54, 1.807) is 6.33 Å². The molecule has 5 nitrogen and oxygen atoms in total. The number of hydrogen-bond donors (Lipinski definition) is 3. The first kappa shape index (κ1) is 14.1. The third kappa shape index (κ3) is 4.35. The molecule has 1 aliphatic carbocycles. The largest absolute Gasteiger partial charge is 0.370 e. The van der Waals surface area contributed by atoms with E-state index < -0.39 is 0 Å². The van der Waals surface area contributed by atoms with Gasteiger partial charge in [-0.25, -0.2) is 9.97 Å². The van der Waals surface area contributed by atoms with Crippen LogP contribution in [0.25, 0.3) is 0 Å². The molecule has 106 valence electrons. The molecule has 0 radical (unpaired) electrons. The van der Waals surface area contributed by atoms with Crippen LogP contribution in [0.4, 0.5) is 11.6 Å². The Bertz CT molecular complexity index is 401. The summed E-state index contributed by atoms with van der Waals surface area (Å²) in [6.07, 6.45) is 5.68. The first-order chi connectivity index (χ1) is 9.09. The maximum Gasteiger partial charge on any atom is 0.131 e. The molecule has 0 aromatic carbocycles. The first-order valence-corrected chi connectivity index (χ1v) is 7.08. The Hall–Kier alpha value is -1.36. The van der Waals surface area contributed by atoms with Crippen LogP contribution >= 0.6 is 0 Å². The third-order valence-corrected chi connectivity index (χ3v) is 3.55. The Kier molecular flexibility index (Phi) is 4.58. The average molecular weight is 263 g/mol. The number of anilines is 2. The van der Waals surface area contributed by atoms with E-state index >= 15 is 0 Å². The molecular formula is C14H25N5. The molecule has 0 unspecified atom stereocenters. The van der Waals surface area contributed by atoms with Crippen LogP contribution in [0.15, 0.2) is 12.4 Å². The number of nitrogens with one attached hydrogen (secondary N) is 3. The van der Waals surface area contributed by atoms with Crippen LogP contribution in [-0.4, -0.2) is 35.6 Å². The predicted octanol–water partition coefficient (Wildman–Crippen LogP) is 2.10. The van der Waals surface area contributed by atoms with Gasteiger partial charge in [0, 0.05) is 24.7 Å². The van der Waals surface area contributed by atoms with Gasteiger partial charge in [0.2, 0.25) is 0 Å². The van der Waals surface area contributed by atoms with Crippen LogP contribution in [-0.2, 0) is 0 Å². The van der Waals surface area contributed by atoms with Gasteiger partial charge in [-0.05, 0) is 39.7 Å². The molecule has 19 heavy (non-hydrogen) atoms. The highest BCUT2D eigenvalue weighted by molar-refractivity contribution is 5.47. The second-order valence-electron chi connectivity index (χ2n) is 6.01. The van der Waals surface area contributed by atoms with Crippen molar-refractivity contribution >= 4 is 11.6 Å².